The third kappa shape index (κ3) is 3.65. The number of thiazole rings is 1. The quantitative estimate of drug-likeness (QED) is 0.798. The average Bonchev–Trinajstić information content (AvgIpc) is 3.10. The van der Waals surface area contributed by atoms with Gasteiger partial charge in [0.1, 0.15) is 0 Å². The van der Waals surface area contributed by atoms with E-state index in [1.54, 1.807) is 17.4 Å². The summed E-state index contributed by atoms with van der Waals surface area (Å²) in [5.41, 5.74) is 1.56. The minimum absolute atomic E-state index is 0.656. The Morgan fingerprint density at radius 2 is 2.00 bits per heavy atom. The maximum Gasteiger partial charge on any atom is 0.185 e. The van der Waals surface area contributed by atoms with E-state index in [2.05, 4.69) is 32.7 Å². The molecule has 1 aromatic heterocycles. The van der Waals surface area contributed by atoms with Gasteiger partial charge in [0.25, 0.3) is 0 Å². The molecule has 22 heavy (non-hydrogen) atoms. The molecule has 0 aliphatic carbocycles. The van der Waals surface area contributed by atoms with Gasteiger partial charge in [-0.1, -0.05) is 17.9 Å². The molecule has 1 saturated heterocycles. The van der Waals surface area contributed by atoms with Gasteiger partial charge < -0.3 is 4.90 Å². The van der Waals surface area contributed by atoms with E-state index in [1.807, 2.05) is 29.8 Å². The van der Waals surface area contributed by atoms with Crippen molar-refractivity contribution in [1.29, 1.82) is 5.26 Å². The van der Waals surface area contributed by atoms with Gasteiger partial charge in [0.2, 0.25) is 0 Å². The summed E-state index contributed by atoms with van der Waals surface area (Å²) in [6.07, 6.45) is 1.85. The molecule has 0 N–H and O–H groups in total. The fourth-order valence-corrected chi connectivity index (χ4v) is 3.09. The zero-order valence-electron chi connectivity index (χ0n) is 12.2. The summed E-state index contributed by atoms with van der Waals surface area (Å²) in [5.74, 6) is 6.35. The molecule has 2 aromatic rings. The largest absolute Gasteiger partial charge is 0.346 e. The van der Waals surface area contributed by atoms with Crippen molar-refractivity contribution in [2.75, 3.05) is 37.6 Å². The Hall–Kier alpha value is -2.34. The first kappa shape index (κ1) is 14.6. The van der Waals surface area contributed by atoms with Crippen LogP contribution in [0.3, 0.4) is 0 Å². The Bertz CT molecular complexity index is 713. The number of anilines is 1. The van der Waals surface area contributed by atoms with Crippen LogP contribution in [0.25, 0.3) is 0 Å². The monoisotopic (exact) mass is 308 g/mol. The maximum atomic E-state index is 8.88. The lowest BCUT2D eigenvalue weighted by molar-refractivity contribution is 0.288. The van der Waals surface area contributed by atoms with Crippen molar-refractivity contribution < 1.29 is 0 Å². The van der Waals surface area contributed by atoms with Crippen molar-refractivity contribution in [3.8, 4) is 17.9 Å². The van der Waals surface area contributed by atoms with E-state index in [9.17, 15) is 0 Å². The van der Waals surface area contributed by atoms with E-state index in [0.29, 0.717) is 5.56 Å². The molecule has 2 heterocycles. The highest BCUT2D eigenvalue weighted by Crippen LogP contribution is 2.18. The first-order valence-corrected chi connectivity index (χ1v) is 8.09. The molecule has 0 atom stereocenters. The smallest absolute Gasteiger partial charge is 0.185 e. The fraction of sp³-hybridized carbons (Fsp3) is 0.294. The molecule has 0 amide bonds. The maximum absolute atomic E-state index is 8.88. The zero-order valence-corrected chi connectivity index (χ0v) is 13.0. The van der Waals surface area contributed by atoms with Gasteiger partial charge in [-0.3, -0.25) is 4.90 Å². The summed E-state index contributed by atoms with van der Waals surface area (Å²) >= 11 is 1.69. The van der Waals surface area contributed by atoms with Crippen LogP contribution in [0, 0.1) is 23.2 Å². The zero-order chi connectivity index (χ0) is 15.2. The Labute approximate surface area is 134 Å². The second kappa shape index (κ2) is 7.09. The average molecular weight is 308 g/mol. The number of piperazine rings is 1. The lowest BCUT2D eigenvalue weighted by atomic mass is 10.1. The van der Waals surface area contributed by atoms with Crippen LogP contribution in [0.4, 0.5) is 5.13 Å². The number of hydrogen-bond acceptors (Lipinski definition) is 5. The molecule has 0 saturated carbocycles. The second-order valence-electron chi connectivity index (χ2n) is 5.07. The minimum atomic E-state index is 0.656. The van der Waals surface area contributed by atoms with Gasteiger partial charge in [-0.2, -0.15) is 5.26 Å². The van der Waals surface area contributed by atoms with Gasteiger partial charge in [-0.25, -0.2) is 4.98 Å². The Balaban J connectivity index is 1.51. The highest BCUT2D eigenvalue weighted by molar-refractivity contribution is 7.13. The van der Waals surface area contributed by atoms with Crippen LogP contribution in [0.15, 0.2) is 35.8 Å². The molecule has 0 radical (unpaired) electrons. The first-order chi connectivity index (χ1) is 10.8. The SMILES string of the molecule is N#Cc1cccc(C#CCN2CCN(c3nccs3)CC2)c1. The Morgan fingerprint density at radius 3 is 2.73 bits per heavy atom. The van der Waals surface area contributed by atoms with E-state index in [1.165, 1.54) is 0 Å². The molecular formula is C17H16N4S. The minimum Gasteiger partial charge on any atom is -0.346 e. The van der Waals surface area contributed by atoms with E-state index < -0.39 is 0 Å². The number of aromatic nitrogens is 1. The molecule has 5 heteroatoms. The molecule has 1 aliphatic rings. The molecule has 0 spiro atoms. The number of nitrogens with zero attached hydrogens (tertiary/aromatic N) is 4. The van der Waals surface area contributed by atoms with Crippen molar-refractivity contribution in [1.82, 2.24) is 9.88 Å². The van der Waals surface area contributed by atoms with Gasteiger partial charge in [0.15, 0.2) is 5.13 Å². The molecule has 1 fully saturated rings. The van der Waals surface area contributed by atoms with Crippen LogP contribution in [0.5, 0.6) is 0 Å². The van der Waals surface area contributed by atoms with Gasteiger partial charge in [0.05, 0.1) is 18.2 Å². The summed E-state index contributed by atoms with van der Waals surface area (Å²) in [5, 5.41) is 12.0. The highest BCUT2D eigenvalue weighted by Gasteiger charge is 2.17. The van der Waals surface area contributed by atoms with Crippen molar-refractivity contribution in [3.63, 3.8) is 0 Å². The van der Waals surface area contributed by atoms with E-state index in [4.69, 9.17) is 5.26 Å². The molecule has 0 unspecified atom stereocenters. The summed E-state index contributed by atoms with van der Waals surface area (Å²) in [4.78, 5) is 9.03. The van der Waals surface area contributed by atoms with Crippen LogP contribution in [-0.2, 0) is 0 Å². The van der Waals surface area contributed by atoms with Crippen LogP contribution in [0.1, 0.15) is 11.1 Å². The van der Waals surface area contributed by atoms with Crippen LogP contribution in [-0.4, -0.2) is 42.6 Å². The summed E-state index contributed by atoms with van der Waals surface area (Å²) < 4.78 is 0. The summed E-state index contributed by atoms with van der Waals surface area (Å²) in [6, 6.07) is 9.57. The van der Waals surface area contributed by atoms with Gasteiger partial charge in [0, 0.05) is 43.3 Å². The molecule has 1 aliphatic heterocycles. The van der Waals surface area contributed by atoms with Crippen LogP contribution < -0.4 is 4.90 Å². The molecule has 0 bridgehead atoms. The first-order valence-electron chi connectivity index (χ1n) is 7.21. The van der Waals surface area contributed by atoms with Gasteiger partial charge in [-0.15, -0.1) is 11.3 Å². The molecule has 1 aromatic carbocycles. The standard InChI is InChI=1S/C17H16N4S/c18-14-16-4-1-3-15(13-16)5-2-7-20-8-10-21(11-9-20)17-19-6-12-22-17/h1,3-4,6,12-13H,7-11H2. The molecule has 4 nitrogen and oxygen atoms in total. The van der Waals surface area contributed by atoms with E-state index >= 15 is 0 Å². The van der Waals surface area contributed by atoms with Crippen molar-refractivity contribution in [2.24, 2.45) is 0 Å². The number of hydrogen-bond donors (Lipinski definition) is 0. The van der Waals surface area contributed by atoms with Crippen LogP contribution >= 0.6 is 11.3 Å². The molecular weight excluding hydrogens is 292 g/mol. The highest BCUT2D eigenvalue weighted by atomic mass is 32.1. The third-order valence-electron chi connectivity index (χ3n) is 3.59. The fourth-order valence-electron chi connectivity index (χ4n) is 2.39. The predicted molar refractivity (Wildman–Crippen MR) is 88.8 cm³/mol. The van der Waals surface area contributed by atoms with Crippen LogP contribution in [0.2, 0.25) is 0 Å². The summed E-state index contributed by atoms with van der Waals surface area (Å²) in [7, 11) is 0. The van der Waals surface area contributed by atoms with Crippen molar-refractivity contribution >= 4 is 16.5 Å². The summed E-state index contributed by atoms with van der Waals surface area (Å²) in [6.45, 7) is 4.78. The lowest BCUT2D eigenvalue weighted by Crippen LogP contribution is -2.46. The van der Waals surface area contributed by atoms with E-state index in [-0.39, 0.29) is 0 Å². The topological polar surface area (TPSA) is 43.2 Å². The Morgan fingerprint density at radius 1 is 1.18 bits per heavy atom. The number of rotatable bonds is 2. The van der Waals surface area contributed by atoms with Gasteiger partial charge in [-0.05, 0) is 18.2 Å². The second-order valence-corrected chi connectivity index (χ2v) is 5.95. The predicted octanol–water partition coefficient (Wildman–Crippen LogP) is 2.19. The number of benzene rings is 1. The van der Waals surface area contributed by atoms with Crippen molar-refractivity contribution in [2.45, 2.75) is 0 Å². The normalized spacial score (nSPS) is 15.0. The molecule has 110 valence electrons. The Kier molecular flexibility index (Phi) is 4.70. The van der Waals surface area contributed by atoms with E-state index in [0.717, 1.165) is 43.4 Å². The third-order valence-corrected chi connectivity index (χ3v) is 4.42. The number of nitriles is 1. The van der Waals surface area contributed by atoms with Crippen molar-refractivity contribution in [3.05, 3.63) is 47.0 Å². The molecule has 3 rings (SSSR count). The van der Waals surface area contributed by atoms with Gasteiger partial charge >= 0.3 is 0 Å². The lowest BCUT2D eigenvalue weighted by Gasteiger charge is -2.33.